The molecule has 1 atom stereocenters. The second-order valence-corrected chi connectivity index (χ2v) is 9.65. The van der Waals surface area contributed by atoms with E-state index in [0.29, 0.717) is 18.4 Å². The Hall–Kier alpha value is -2.91. The van der Waals surface area contributed by atoms with Crippen molar-refractivity contribution in [3.8, 4) is 5.69 Å². The van der Waals surface area contributed by atoms with E-state index < -0.39 is 5.25 Å². The van der Waals surface area contributed by atoms with Gasteiger partial charge in [0.1, 0.15) is 11.1 Å². The van der Waals surface area contributed by atoms with Gasteiger partial charge in [0.15, 0.2) is 5.16 Å². The van der Waals surface area contributed by atoms with Gasteiger partial charge < -0.3 is 15.0 Å². The molecule has 3 aromatic rings. The second kappa shape index (κ2) is 10.1. The van der Waals surface area contributed by atoms with E-state index in [4.69, 9.17) is 4.74 Å². The maximum absolute atomic E-state index is 13.6. The van der Waals surface area contributed by atoms with E-state index in [2.05, 4.69) is 39.5 Å². The lowest BCUT2D eigenvalue weighted by Gasteiger charge is -2.28. The molecule has 9 heteroatoms. The molecule has 2 fully saturated rings. The van der Waals surface area contributed by atoms with Crippen LogP contribution in [0.1, 0.15) is 36.1 Å². The lowest BCUT2D eigenvalue weighted by Crippen LogP contribution is -2.38. The van der Waals surface area contributed by atoms with Gasteiger partial charge in [-0.2, -0.15) is 0 Å². The molecule has 1 aliphatic carbocycles. The number of carbonyl (C=O) groups is 1. The summed E-state index contributed by atoms with van der Waals surface area (Å²) in [5.41, 5.74) is 2.89. The summed E-state index contributed by atoms with van der Waals surface area (Å²) in [5, 5.41) is 12.2. The molecule has 1 saturated heterocycles. The Bertz CT molecular complexity index is 1140. The van der Waals surface area contributed by atoms with Gasteiger partial charge in [0, 0.05) is 19.1 Å². The Morgan fingerprint density at radius 3 is 2.65 bits per heavy atom. The molecular weight excluding hydrogens is 453 g/mol. The molecule has 0 bridgehead atoms. The predicted molar refractivity (Wildman–Crippen MR) is 130 cm³/mol. The first kappa shape index (κ1) is 22.9. The molecule has 2 heterocycles. The van der Waals surface area contributed by atoms with E-state index in [1.165, 1.54) is 29.5 Å². The SMILES string of the molecule is CCc1cccc(-n2c(SC(C(=O)NC3CC3)c3ccc(F)cc3)nnc2N2CCOCC2)c1. The first-order chi connectivity index (χ1) is 16.6. The number of rotatable bonds is 8. The molecule has 0 radical (unpaired) electrons. The van der Waals surface area contributed by atoms with Crippen LogP contribution in [0.5, 0.6) is 0 Å². The summed E-state index contributed by atoms with van der Waals surface area (Å²) < 4.78 is 21.2. The first-order valence-corrected chi connectivity index (χ1v) is 12.6. The Labute approximate surface area is 202 Å². The van der Waals surface area contributed by atoms with Crippen LogP contribution in [0, 0.1) is 5.82 Å². The smallest absolute Gasteiger partial charge is 0.238 e. The number of hydrogen-bond donors (Lipinski definition) is 1. The highest BCUT2D eigenvalue weighted by Crippen LogP contribution is 2.38. The second-order valence-electron chi connectivity index (χ2n) is 8.57. The average molecular weight is 482 g/mol. The molecule has 0 spiro atoms. The molecular formula is C25H28FN5O2S. The van der Waals surface area contributed by atoms with Gasteiger partial charge >= 0.3 is 0 Å². The number of halogens is 1. The van der Waals surface area contributed by atoms with Gasteiger partial charge in [-0.25, -0.2) is 4.39 Å². The monoisotopic (exact) mass is 481 g/mol. The number of amides is 1. The van der Waals surface area contributed by atoms with Crippen LogP contribution in [0.15, 0.2) is 53.7 Å². The van der Waals surface area contributed by atoms with Crippen molar-refractivity contribution in [3.63, 3.8) is 0 Å². The Morgan fingerprint density at radius 2 is 1.94 bits per heavy atom. The van der Waals surface area contributed by atoms with Gasteiger partial charge in [-0.05, 0) is 54.7 Å². The summed E-state index contributed by atoms with van der Waals surface area (Å²) in [6.45, 7) is 4.83. The number of hydrogen-bond acceptors (Lipinski definition) is 6. The first-order valence-electron chi connectivity index (χ1n) is 11.7. The van der Waals surface area contributed by atoms with Gasteiger partial charge in [-0.15, -0.1) is 10.2 Å². The normalized spacial score (nSPS) is 16.9. The van der Waals surface area contributed by atoms with Crippen molar-refractivity contribution >= 4 is 23.6 Å². The molecule has 178 valence electrons. The molecule has 1 amide bonds. The zero-order chi connectivity index (χ0) is 23.5. The maximum Gasteiger partial charge on any atom is 0.238 e. The Kier molecular flexibility index (Phi) is 6.82. The largest absolute Gasteiger partial charge is 0.378 e. The Morgan fingerprint density at radius 1 is 1.18 bits per heavy atom. The zero-order valence-electron chi connectivity index (χ0n) is 19.1. The highest BCUT2D eigenvalue weighted by Gasteiger charge is 2.32. The summed E-state index contributed by atoms with van der Waals surface area (Å²) >= 11 is 1.34. The molecule has 34 heavy (non-hydrogen) atoms. The number of benzene rings is 2. The minimum absolute atomic E-state index is 0.0936. The molecule has 1 unspecified atom stereocenters. The van der Waals surface area contributed by atoms with Gasteiger partial charge in [0.25, 0.3) is 0 Å². The third-order valence-corrected chi connectivity index (χ3v) is 7.24. The lowest BCUT2D eigenvalue weighted by atomic mass is 10.1. The van der Waals surface area contributed by atoms with Crippen LogP contribution in [0.2, 0.25) is 0 Å². The Balaban J connectivity index is 1.54. The van der Waals surface area contributed by atoms with Gasteiger partial charge in [0.2, 0.25) is 11.9 Å². The summed E-state index contributed by atoms with van der Waals surface area (Å²) in [6.07, 6.45) is 2.90. The topological polar surface area (TPSA) is 72.3 Å². The van der Waals surface area contributed by atoms with Crippen LogP contribution in [0.4, 0.5) is 10.3 Å². The fourth-order valence-corrected chi connectivity index (χ4v) is 5.03. The van der Waals surface area contributed by atoms with Crippen molar-refractivity contribution < 1.29 is 13.9 Å². The number of ether oxygens (including phenoxy) is 1. The maximum atomic E-state index is 13.6. The fourth-order valence-electron chi connectivity index (χ4n) is 3.97. The molecule has 2 aliphatic rings. The molecule has 5 rings (SSSR count). The van der Waals surface area contributed by atoms with Crippen LogP contribution in [0.3, 0.4) is 0 Å². The van der Waals surface area contributed by atoms with Crippen molar-refractivity contribution in [3.05, 3.63) is 65.5 Å². The van der Waals surface area contributed by atoms with Crippen molar-refractivity contribution in [1.82, 2.24) is 20.1 Å². The molecule has 1 saturated carbocycles. The van der Waals surface area contributed by atoms with E-state index in [0.717, 1.165) is 49.6 Å². The van der Waals surface area contributed by atoms with Gasteiger partial charge in [-0.3, -0.25) is 9.36 Å². The molecule has 2 aromatic carbocycles. The quantitative estimate of drug-likeness (QED) is 0.492. The summed E-state index contributed by atoms with van der Waals surface area (Å²) in [6, 6.07) is 14.6. The van der Waals surface area contributed by atoms with Crippen LogP contribution in [-0.4, -0.2) is 53.0 Å². The van der Waals surface area contributed by atoms with Crippen molar-refractivity contribution in [2.45, 2.75) is 42.6 Å². The fraction of sp³-hybridized carbons (Fsp3) is 0.400. The minimum atomic E-state index is -0.573. The van der Waals surface area contributed by atoms with E-state index in [1.54, 1.807) is 12.1 Å². The average Bonchev–Trinajstić information content (AvgIpc) is 3.59. The van der Waals surface area contributed by atoms with E-state index in [-0.39, 0.29) is 17.8 Å². The van der Waals surface area contributed by atoms with Crippen molar-refractivity contribution in [1.29, 1.82) is 0 Å². The van der Waals surface area contributed by atoms with E-state index in [1.807, 2.05) is 16.7 Å². The van der Waals surface area contributed by atoms with Crippen LogP contribution in [-0.2, 0) is 16.0 Å². The number of morpholine rings is 1. The molecule has 1 N–H and O–H groups in total. The standard InChI is InChI=1S/C25H28FN5O2S/c1-2-17-4-3-5-21(16-17)31-24(30-12-14-33-15-13-30)28-29-25(31)34-22(23(32)27-20-10-11-20)18-6-8-19(26)9-7-18/h3-9,16,20,22H,2,10-15H2,1H3,(H,27,32). The molecule has 1 aliphatic heterocycles. The number of nitrogens with zero attached hydrogens (tertiary/aromatic N) is 4. The van der Waals surface area contributed by atoms with E-state index in [9.17, 15) is 9.18 Å². The summed E-state index contributed by atoms with van der Waals surface area (Å²) in [4.78, 5) is 15.4. The summed E-state index contributed by atoms with van der Waals surface area (Å²) in [5.74, 6) is 0.313. The third kappa shape index (κ3) is 5.10. The van der Waals surface area contributed by atoms with Crippen LogP contribution >= 0.6 is 11.8 Å². The number of carbonyl (C=O) groups excluding carboxylic acids is 1. The minimum Gasteiger partial charge on any atom is -0.378 e. The molecule has 7 nitrogen and oxygen atoms in total. The lowest BCUT2D eigenvalue weighted by molar-refractivity contribution is -0.120. The number of aromatic nitrogens is 3. The van der Waals surface area contributed by atoms with Gasteiger partial charge in [-0.1, -0.05) is 43.0 Å². The number of anilines is 1. The molecule has 1 aromatic heterocycles. The van der Waals surface area contributed by atoms with Crippen molar-refractivity contribution in [2.24, 2.45) is 0 Å². The number of thioether (sulfide) groups is 1. The highest BCUT2D eigenvalue weighted by molar-refractivity contribution is 8.00. The number of nitrogens with one attached hydrogen (secondary N) is 1. The highest BCUT2D eigenvalue weighted by atomic mass is 32.2. The van der Waals surface area contributed by atoms with Crippen LogP contribution < -0.4 is 10.2 Å². The summed E-state index contributed by atoms with van der Waals surface area (Å²) in [7, 11) is 0. The zero-order valence-corrected chi connectivity index (χ0v) is 19.9. The van der Waals surface area contributed by atoms with Gasteiger partial charge in [0.05, 0.1) is 18.9 Å². The number of aryl methyl sites for hydroxylation is 1. The third-order valence-electron chi connectivity index (χ3n) is 6.05. The predicted octanol–water partition coefficient (Wildman–Crippen LogP) is 3.92. The van der Waals surface area contributed by atoms with Crippen molar-refractivity contribution in [2.75, 3.05) is 31.2 Å². The van der Waals surface area contributed by atoms with Crippen LogP contribution in [0.25, 0.3) is 5.69 Å². The van der Waals surface area contributed by atoms with E-state index >= 15 is 0 Å².